The molecule has 1 fully saturated rings. The zero-order valence-electron chi connectivity index (χ0n) is 12.4. The maximum atomic E-state index is 13.4. The summed E-state index contributed by atoms with van der Waals surface area (Å²) < 4.78 is 13.4. The largest absolute Gasteiger partial charge is 0.327 e. The molecule has 2 nitrogen and oxygen atoms in total. The van der Waals surface area contributed by atoms with Crippen molar-refractivity contribution in [3.05, 3.63) is 70.5 Å². The third kappa shape index (κ3) is 3.86. The summed E-state index contributed by atoms with van der Waals surface area (Å²) in [6.45, 7) is 2.62. The van der Waals surface area contributed by atoms with Gasteiger partial charge in [-0.1, -0.05) is 35.9 Å². The molecule has 2 N–H and O–H groups in total. The first-order valence-electron chi connectivity index (χ1n) is 7.58. The molecule has 1 heterocycles. The minimum Gasteiger partial charge on any atom is -0.327 e. The van der Waals surface area contributed by atoms with Crippen LogP contribution in [0.2, 0.25) is 5.02 Å². The van der Waals surface area contributed by atoms with E-state index < -0.39 is 0 Å². The van der Waals surface area contributed by atoms with Gasteiger partial charge in [-0.05, 0) is 47.7 Å². The summed E-state index contributed by atoms with van der Waals surface area (Å²) in [7, 11) is 0. The molecule has 3 rings (SSSR count). The van der Waals surface area contributed by atoms with Crippen LogP contribution in [0.1, 0.15) is 23.5 Å². The second-order valence-electron chi connectivity index (χ2n) is 6.07. The van der Waals surface area contributed by atoms with Crippen LogP contribution in [0, 0.1) is 5.82 Å². The van der Waals surface area contributed by atoms with Crippen molar-refractivity contribution in [2.75, 3.05) is 13.1 Å². The molecule has 0 spiro atoms. The van der Waals surface area contributed by atoms with Crippen LogP contribution in [0.15, 0.2) is 48.5 Å². The van der Waals surface area contributed by atoms with Gasteiger partial charge < -0.3 is 5.73 Å². The van der Waals surface area contributed by atoms with Crippen LogP contribution in [-0.4, -0.2) is 24.0 Å². The van der Waals surface area contributed by atoms with E-state index in [1.165, 1.54) is 11.6 Å². The lowest BCUT2D eigenvalue weighted by Crippen LogP contribution is -2.45. The van der Waals surface area contributed by atoms with Crippen LogP contribution in [0.5, 0.6) is 0 Å². The fraction of sp³-hybridized carbons (Fsp3) is 0.333. The van der Waals surface area contributed by atoms with Gasteiger partial charge in [-0.25, -0.2) is 4.39 Å². The molecule has 2 unspecified atom stereocenters. The van der Waals surface area contributed by atoms with Crippen LogP contribution in [0.25, 0.3) is 0 Å². The summed E-state index contributed by atoms with van der Waals surface area (Å²) in [5.74, 6) is 0.104. The Morgan fingerprint density at radius 3 is 2.64 bits per heavy atom. The Morgan fingerprint density at radius 1 is 1.14 bits per heavy atom. The molecule has 2 atom stereocenters. The first-order valence-corrected chi connectivity index (χ1v) is 7.96. The van der Waals surface area contributed by atoms with E-state index in [1.807, 2.05) is 30.3 Å². The number of nitrogens with two attached hydrogens (primary N) is 1. The molecular weight excluding hydrogens is 299 g/mol. The third-order valence-corrected chi connectivity index (χ3v) is 4.45. The van der Waals surface area contributed by atoms with E-state index in [0.29, 0.717) is 0 Å². The van der Waals surface area contributed by atoms with Crippen molar-refractivity contribution in [2.45, 2.75) is 24.9 Å². The van der Waals surface area contributed by atoms with Gasteiger partial charge >= 0.3 is 0 Å². The Labute approximate surface area is 135 Å². The van der Waals surface area contributed by atoms with Gasteiger partial charge in [0.25, 0.3) is 0 Å². The normalized spacial score (nSPS) is 22.7. The molecule has 2 aromatic carbocycles. The number of benzene rings is 2. The smallest absolute Gasteiger partial charge is 0.123 e. The summed E-state index contributed by atoms with van der Waals surface area (Å²) >= 11 is 5.93. The second-order valence-corrected chi connectivity index (χ2v) is 6.50. The van der Waals surface area contributed by atoms with Crippen LogP contribution < -0.4 is 5.73 Å². The number of hydrogen-bond donors (Lipinski definition) is 1. The van der Waals surface area contributed by atoms with Gasteiger partial charge in [0.05, 0.1) is 0 Å². The lowest BCUT2D eigenvalue weighted by atomic mass is 9.88. The van der Waals surface area contributed by atoms with Crippen LogP contribution in [0.3, 0.4) is 0 Å². The predicted molar refractivity (Wildman–Crippen MR) is 88.5 cm³/mol. The molecule has 0 aliphatic carbocycles. The minimum atomic E-state index is -0.180. The molecule has 0 bridgehead atoms. The van der Waals surface area contributed by atoms with Gasteiger partial charge in [-0.2, -0.15) is 0 Å². The van der Waals surface area contributed by atoms with E-state index in [1.54, 1.807) is 12.1 Å². The standard InChI is InChI=1S/C18H20ClFN2/c19-16-6-4-13(5-7-16)10-22-11-15(9-18(21)12-22)14-2-1-3-17(20)8-14/h1-8,15,18H,9-12,21H2. The van der Waals surface area contributed by atoms with Crippen molar-refractivity contribution in [1.29, 1.82) is 0 Å². The fourth-order valence-corrected chi connectivity index (χ4v) is 3.34. The molecule has 4 heteroatoms. The van der Waals surface area contributed by atoms with Gasteiger partial charge in [0.15, 0.2) is 0 Å². The molecule has 116 valence electrons. The molecule has 0 aromatic heterocycles. The highest BCUT2D eigenvalue weighted by Crippen LogP contribution is 2.28. The number of piperidine rings is 1. The molecule has 1 aliphatic rings. The van der Waals surface area contributed by atoms with Crippen LogP contribution in [-0.2, 0) is 6.54 Å². The lowest BCUT2D eigenvalue weighted by molar-refractivity contribution is 0.181. The maximum absolute atomic E-state index is 13.4. The monoisotopic (exact) mass is 318 g/mol. The SMILES string of the molecule is NC1CC(c2cccc(F)c2)CN(Cc2ccc(Cl)cc2)C1. The van der Waals surface area contributed by atoms with Crippen molar-refractivity contribution in [1.82, 2.24) is 4.90 Å². The molecule has 0 saturated carbocycles. The highest BCUT2D eigenvalue weighted by molar-refractivity contribution is 6.30. The van der Waals surface area contributed by atoms with Gasteiger partial charge in [-0.15, -0.1) is 0 Å². The zero-order valence-corrected chi connectivity index (χ0v) is 13.1. The Hall–Kier alpha value is -1.42. The Balaban J connectivity index is 1.72. The van der Waals surface area contributed by atoms with Crippen LogP contribution >= 0.6 is 11.6 Å². The van der Waals surface area contributed by atoms with Gasteiger partial charge in [-0.3, -0.25) is 4.90 Å². The Morgan fingerprint density at radius 2 is 1.91 bits per heavy atom. The van der Waals surface area contributed by atoms with Gasteiger partial charge in [0, 0.05) is 30.7 Å². The van der Waals surface area contributed by atoms with E-state index in [0.717, 1.165) is 36.6 Å². The summed E-state index contributed by atoms with van der Waals surface area (Å²) in [5.41, 5.74) is 8.47. The van der Waals surface area contributed by atoms with Crippen molar-refractivity contribution < 1.29 is 4.39 Å². The highest BCUT2D eigenvalue weighted by Gasteiger charge is 2.26. The molecule has 22 heavy (non-hydrogen) atoms. The molecule has 0 amide bonds. The predicted octanol–water partition coefficient (Wildman–Crippen LogP) is 3.80. The quantitative estimate of drug-likeness (QED) is 0.932. The van der Waals surface area contributed by atoms with E-state index in [4.69, 9.17) is 17.3 Å². The fourth-order valence-electron chi connectivity index (χ4n) is 3.21. The third-order valence-electron chi connectivity index (χ3n) is 4.20. The first-order chi connectivity index (χ1) is 10.6. The van der Waals surface area contributed by atoms with Crippen molar-refractivity contribution in [3.63, 3.8) is 0 Å². The lowest BCUT2D eigenvalue weighted by Gasteiger charge is -2.36. The Kier molecular flexibility index (Phi) is 4.77. The summed E-state index contributed by atoms with van der Waals surface area (Å²) in [5, 5.41) is 0.747. The number of nitrogens with zero attached hydrogens (tertiary/aromatic N) is 1. The minimum absolute atomic E-state index is 0.120. The topological polar surface area (TPSA) is 29.3 Å². The summed E-state index contributed by atoms with van der Waals surface area (Å²) in [6.07, 6.45) is 0.903. The second kappa shape index (κ2) is 6.78. The highest BCUT2D eigenvalue weighted by atomic mass is 35.5. The molecule has 1 saturated heterocycles. The number of likely N-dealkylation sites (tertiary alicyclic amines) is 1. The van der Waals surface area contributed by atoms with E-state index in [9.17, 15) is 4.39 Å². The number of halogens is 2. The van der Waals surface area contributed by atoms with Crippen molar-refractivity contribution >= 4 is 11.6 Å². The summed E-state index contributed by atoms with van der Waals surface area (Å²) in [6, 6.07) is 14.9. The molecular formula is C18H20ClFN2. The maximum Gasteiger partial charge on any atom is 0.123 e. The van der Waals surface area contributed by atoms with E-state index in [-0.39, 0.29) is 17.8 Å². The van der Waals surface area contributed by atoms with E-state index >= 15 is 0 Å². The molecule has 0 radical (unpaired) electrons. The van der Waals surface area contributed by atoms with Gasteiger partial charge in [0.2, 0.25) is 0 Å². The van der Waals surface area contributed by atoms with Crippen molar-refractivity contribution in [3.8, 4) is 0 Å². The Bertz CT molecular complexity index is 629. The average Bonchev–Trinajstić information content (AvgIpc) is 2.49. The number of hydrogen-bond acceptors (Lipinski definition) is 2. The zero-order chi connectivity index (χ0) is 15.5. The summed E-state index contributed by atoms with van der Waals surface area (Å²) in [4.78, 5) is 2.34. The van der Waals surface area contributed by atoms with Gasteiger partial charge in [0.1, 0.15) is 5.82 Å². The molecule has 2 aromatic rings. The number of rotatable bonds is 3. The van der Waals surface area contributed by atoms with E-state index in [2.05, 4.69) is 4.90 Å². The van der Waals surface area contributed by atoms with Crippen LogP contribution in [0.4, 0.5) is 4.39 Å². The first kappa shape index (κ1) is 15.5. The van der Waals surface area contributed by atoms with Crippen molar-refractivity contribution in [2.24, 2.45) is 5.73 Å². The molecule has 1 aliphatic heterocycles. The average molecular weight is 319 g/mol.